The van der Waals surface area contributed by atoms with Crippen LogP contribution in [0, 0.1) is 18.6 Å². The van der Waals surface area contributed by atoms with E-state index in [1.54, 1.807) is 24.5 Å². The molecule has 0 bridgehead atoms. The molecule has 132 valence electrons. The van der Waals surface area contributed by atoms with E-state index in [1.807, 2.05) is 12.3 Å². The third-order valence-electron chi connectivity index (χ3n) is 3.28. The maximum atomic E-state index is 13.5. The van der Waals surface area contributed by atoms with E-state index in [4.69, 9.17) is 0 Å². The van der Waals surface area contributed by atoms with Crippen LogP contribution in [0.5, 0.6) is 0 Å². The van der Waals surface area contributed by atoms with Gasteiger partial charge >= 0.3 is 0 Å². The Hall–Kier alpha value is -1.29. The number of aromatic nitrogens is 1. The van der Waals surface area contributed by atoms with Crippen molar-refractivity contribution in [3.8, 4) is 0 Å². The minimum Gasteiger partial charge on any atom is -0.356 e. The largest absolute Gasteiger partial charge is 0.356 e. The van der Waals surface area contributed by atoms with E-state index < -0.39 is 11.6 Å². The summed E-state index contributed by atoms with van der Waals surface area (Å²) >= 11 is 1.63. The molecule has 1 aromatic heterocycles. The third-order valence-corrected chi connectivity index (χ3v) is 4.10. The second kappa shape index (κ2) is 10.5. The highest BCUT2D eigenvalue weighted by atomic mass is 127. The lowest BCUT2D eigenvalue weighted by atomic mass is 10.1. The van der Waals surface area contributed by atoms with E-state index in [-0.39, 0.29) is 24.0 Å². The van der Waals surface area contributed by atoms with Crippen LogP contribution in [0.3, 0.4) is 0 Å². The molecule has 2 N–H and O–H groups in total. The van der Waals surface area contributed by atoms with Gasteiger partial charge < -0.3 is 10.6 Å². The number of nitrogens with zero attached hydrogens (tertiary/aromatic N) is 2. The predicted octanol–water partition coefficient (Wildman–Crippen LogP) is 3.30. The lowest BCUT2D eigenvalue weighted by Gasteiger charge is -2.11. The first-order valence-corrected chi connectivity index (χ1v) is 8.26. The van der Waals surface area contributed by atoms with E-state index in [0.29, 0.717) is 31.0 Å². The average molecular weight is 466 g/mol. The molecule has 1 aromatic carbocycles. The molecule has 0 aliphatic heterocycles. The van der Waals surface area contributed by atoms with Crippen molar-refractivity contribution in [1.82, 2.24) is 15.6 Å². The standard InChI is InChI=1S/C16H20F2N4S.HI/c1-11-22-13(10-23-11)7-9-21-16(19-2)20-8-6-12-4-3-5-14(17)15(12)18;/h3-5,10H,6-9H2,1-2H3,(H2,19,20,21);1H. The van der Waals surface area contributed by atoms with Gasteiger partial charge in [-0.2, -0.15) is 0 Å². The molecule has 0 spiro atoms. The highest BCUT2D eigenvalue weighted by Crippen LogP contribution is 2.11. The third kappa shape index (κ3) is 6.31. The monoisotopic (exact) mass is 466 g/mol. The molecule has 1 heterocycles. The Labute approximate surface area is 161 Å². The summed E-state index contributed by atoms with van der Waals surface area (Å²) in [7, 11) is 1.67. The molecule has 0 fully saturated rings. The highest BCUT2D eigenvalue weighted by Gasteiger charge is 2.07. The van der Waals surface area contributed by atoms with Crippen molar-refractivity contribution in [2.75, 3.05) is 20.1 Å². The van der Waals surface area contributed by atoms with Crippen molar-refractivity contribution in [3.63, 3.8) is 0 Å². The van der Waals surface area contributed by atoms with Gasteiger partial charge in [0, 0.05) is 31.9 Å². The summed E-state index contributed by atoms with van der Waals surface area (Å²) in [6, 6.07) is 4.21. The molecule has 0 saturated heterocycles. The summed E-state index contributed by atoms with van der Waals surface area (Å²) in [6.07, 6.45) is 1.19. The van der Waals surface area contributed by atoms with E-state index in [0.717, 1.165) is 23.2 Å². The Balaban J connectivity index is 0.00000288. The predicted molar refractivity (Wildman–Crippen MR) is 105 cm³/mol. The first-order valence-electron chi connectivity index (χ1n) is 7.38. The van der Waals surface area contributed by atoms with Crippen LogP contribution in [0.15, 0.2) is 28.6 Å². The van der Waals surface area contributed by atoms with Gasteiger partial charge in [-0.3, -0.25) is 4.99 Å². The molecule has 2 rings (SSSR count). The van der Waals surface area contributed by atoms with Gasteiger partial charge in [0.1, 0.15) is 0 Å². The Morgan fingerprint density at radius 1 is 1.21 bits per heavy atom. The Morgan fingerprint density at radius 2 is 1.92 bits per heavy atom. The summed E-state index contributed by atoms with van der Waals surface area (Å²) < 4.78 is 26.7. The van der Waals surface area contributed by atoms with Gasteiger partial charge in [-0.25, -0.2) is 13.8 Å². The molecule has 0 saturated carbocycles. The number of aryl methyl sites for hydroxylation is 1. The van der Waals surface area contributed by atoms with Crippen LogP contribution in [0.25, 0.3) is 0 Å². The van der Waals surface area contributed by atoms with Crippen LogP contribution in [0.1, 0.15) is 16.3 Å². The smallest absolute Gasteiger partial charge is 0.190 e. The average Bonchev–Trinajstić information content (AvgIpc) is 2.95. The molecule has 4 nitrogen and oxygen atoms in total. The molecule has 0 aliphatic carbocycles. The molecular formula is C16H21F2IN4S. The van der Waals surface area contributed by atoms with Gasteiger partial charge in [0.05, 0.1) is 10.7 Å². The maximum Gasteiger partial charge on any atom is 0.190 e. The van der Waals surface area contributed by atoms with Gasteiger partial charge in [-0.15, -0.1) is 35.3 Å². The second-order valence-corrected chi connectivity index (χ2v) is 6.06. The fourth-order valence-corrected chi connectivity index (χ4v) is 2.76. The maximum absolute atomic E-state index is 13.5. The topological polar surface area (TPSA) is 49.3 Å². The number of guanidine groups is 1. The number of hydrogen-bond acceptors (Lipinski definition) is 3. The lowest BCUT2D eigenvalue weighted by molar-refractivity contribution is 0.498. The zero-order valence-corrected chi connectivity index (χ0v) is 16.8. The zero-order chi connectivity index (χ0) is 16.7. The molecule has 2 aromatic rings. The van der Waals surface area contributed by atoms with Crippen molar-refractivity contribution in [1.29, 1.82) is 0 Å². The molecule has 8 heteroatoms. The van der Waals surface area contributed by atoms with Crippen LogP contribution in [-0.2, 0) is 12.8 Å². The molecule has 0 atom stereocenters. The summed E-state index contributed by atoms with van der Waals surface area (Å²) in [5.74, 6) is -0.964. The minimum absolute atomic E-state index is 0. The number of hydrogen-bond donors (Lipinski definition) is 2. The number of nitrogens with one attached hydrogen (secondary N) is 2. The van der Waals surface area contributed by atoms with Gasteiger partial charge in [-0.05, 0) is 25.0 Å². The van der Waals surface area contributed by atoms with Crippen molar-refractivity contribution in [2.45, 2.75) is 19.8 Å². The van der Waals surface area contributed by atoms with Gasteiger partial charge in [-0.1, -0.05) is 12.1 Å². The zero-order valence-electron chi connectivity index (χ0n) is 13.6. The second-order valence-electron chi connectivity index (χ2n) is 5.00. The molecule has 24 heavy (non-hydrogen) atoms. The van der Waals surface area contributed by atoms with Crippen molar-refractivity contribution >= 4 is 41.3 Å². The van der Waals surface area contributed by atoms with E-state index in [2.05, 4.69) is 20.6 Å². The van der Waals surface area contributed by atoms with E-state index in [9.17, 15) is 8.78 Å². The van der Waals surface area contributed by atoms with Crippen LogP contribution >= 0.6 is 35.3 Å². The number of benzene rings is 1. The fraction of sp³-hybridized carbons (Fsp3) is 0.375. The van der Waals surface area contributed by atoms with Crippen molar-refractivity contribution in [3.05, 3.63) is 51.5 Å². The SMILES string of the molecule is CN=C(NCCc1csc(C)n1)NCCc1cccc(F)c1F.I. The van der Waals surface area contributed by atoms with Crippen LogP contribution in [0.2, 0.25) is 0 Å². The van der Waals surface area contributed by atoms with Crippen molar-refractivity contribution < 1.29 is 8.78 Å². The summed E-state index contributed by atoms with van der Waals surface area (Å²) in [6.45, 7) is 3.15. The first kappa shape index (κ1) is 20.8. The highest BCUT2D eigenvalue weighted by molar-refractivity contribution is 14.0. The molecule has 0 radical (unpaired) electrons. The van der Waals surface area contributed by atoms with Crippen LogP contribution in [0.4, 0.5) is 8.78 Å². The van der Waals surface area contributed by atoms with Crippen LogP contribution in [-0.4, -0.2) is 31.1 Å². The normalized spacial score (nSPS) is 11.1. The Kier molecular flexibility index (Phi) is 9.12. The number of halogens is 3. The first-order chi connectivity index (χ1) is 11.1. The summed E-state index contributed by atoms with van der Waals surface area (Å²) in [5, 5.41) is 9.36. The Morgan fingerprint density at radius 3 is 2.54 bits per heavy atom. The molecule has 0 aliphatic rings. The molecule has 0 amide bonds. The number of thiazole rings is 1. The van der Waals surface area contributed by atoms with Gasteiger partial charge in [0.25, 0.3) is 0 Å². The van der Waals surface area contributed by atoms with E-state index in [1.165, 1.54) is 6.07 Å². The number of aliphatic imine (C=N–C) groups is 1. The quantitative estimate of drug-likeness (QED) is 0.391. The summed E-state index contributed by atoms with van der Waals surface area (Å²) in [4.78, 5) is 8.50. The Bertz CT molecular complexity index is 676. The van der Waals surface area contributed by atoms with Crippen molar-refractivity contribution in [2.24, 2.45) is 4.99 Å². The van der Waals surface area contributed by atoms with Crippen LogP contribution < -0.4 is 10.6 Å². The minimum atomic E-state index is -0.816. The fourth-order valence-electron chi connectivity index (χ4n) is 2.11. The van der Waals surface area contributed by atoms with E-state index >= 15 is 0 Å². The summed E-state index contributed by atoms with van der Waals surface area (Å²) in [5.41, 5.74) is 1.41. The van der Waals surface area contributed by atoms with Gasteiger partial charge in [0.2, 0.25) is 0 Å². The van der Waals surface area contributed by atoms with Gasteiger partial charge in [0.15, 0.2) is 17.6 Å². The molecular weight excluding hydrogens is 445 g/mol. The molecule has 0 unspecified atom stereocenters. The number of rotatable bonds is 6. The lowest BCUT2D eigenvalue weighted by Crippen LogP contribution is -2.39.